The lowest BCUT2D eigenvalue weighted by atomic mass is 10.1. The minimum absolute atomic E-state index is 0.271. The van der Waals surface area contributed by atoms with E-state index in [2.05, 4.69) is 20.7 Å². The lowest BCUT2D eigenvalue weighted by molar-refractivity contribution is -0.125. The average molecular weight is 424 g/mol. The molecule has 0 saturated carbocycles. The van der Waals surface area contributed by atoms with Crippen LogP contribution in [0.2, 0.25) is 0 Å². The van der Waals surface area contributed by atoms with Gasteiger partial charge in [-0.1, -0.05) is 17.3 Å². The third-order valence-electron chi connectivity index (χ3n) is 5.55. The number of aryl methyl sites for hydroxylation is 2. The van der Waals surface area contributed by atoms with Crippen molar-refractivity contribution >= 4 is 17.3 Å². The molecule has 0 aliphatic carbocycles. The molecule has 1 atom stereocenters. The number of aromatic nitrogens is 4. The molecule has 0 fully saturated rings. The number of amides is 1. The predicted molar refractivity (Wildman–Crippen MR) is 114 cm³/mol. The Morgan fingerprint density at radius 2 is 1.94 bits per heavy atom. The van der Waals surface area contributed by atoms with Gasteiger partial charge in [0.05, 0.1) is 35.5 Å². The number of carbonyl (C=O) groups excluding carboxylic acids is 1. The molecule has 1 aliphatic rings. The monoisotopic (exact) mass is 424 g/mol. The van der Waals surface area contributed by atoms with Crippen LogP contribution in [0, 0.1) is 26.6 Å². The van der Waals surface area contributed by atoms with E-state index in [0.717, 1.165) is 34.8 Å². The summed E-state index contributed by atoms with van der Waals surface area (Å²) in [7, 11) is 0. The van der Waals surface area contributed by atoms with Crippen LogP contribution in [-0.2, 0) is 22.7 Å². The van der Waals surface area contributed by atoms with Crippen molar-refractivity contribution in [2.45, 2.75) is 53.3 Å². The Hall–Kier alpha value is -3.49. The molecule has 3 heterocycles. The van der Waals surface area contributed by atoms with E-state index in [1.807, 2.05) is 32.4 Å². The molecule has 4 rings (SSSR count). The van der Waals surface area contributed by atoms with Crippen LogP contribution in [0.15, 0.2) is 35.6 Å². The van der Waals surface area contributed by atoms with E-state index in [1.165, 1.54) is 12.1 Å². The number of carbonyl (C=O) groups is 1. The summed E-state index contributed by atoms with van der Waals surface area (Å²) in [4.78, 5) is 18.3. The van der Waals surface area contributed by atoms with Crippen LogP contribution in [0.1, 0.15) is 41.6 Å². The first kappa shape index (κ1) is 20.8. The zero-order chi connectivity index (χ0) is 22.1. The highest BCUT2D eigenvalue weighted by Crippen LogP contribution is 2.24. The maximum absolute atomic E-state index is 13.1. The first-order valence-electron chi connectivity index (χ1n) is 10.2. The molecule has 1 amide bonds. The van der Waals surface area contributed by atoms with Gasteiger partial charge >= 0.3 is 0 Å². The molecular formula is C22H25FN6O2. The lowest BCUT2D eigenvalue weighted by Gasteiger charge is -2.10. The van der Waals surface area contributed by atoms with Crippen LogP contribution in [-0.4, -0.2) is 37.3 Å². The zero-order valence-electron chi connectivity index (χ0n) is 18.0. The molecule has 0 saturated heterocycles. The van der Waals surface area contributed by atoms with Crippen molar-refractivity contribution < 1.29 is 14.0 Å². The van der Waals surface area contributed by atoms with E-state index >= 15 is 0 Å². The number of hydrogen-bond acceptors (Lipinski definition) is 5. The largest absolute Gasteiger partial charge is 0.382 e. The van der Waals surface area contributed by atoms with E-state index in [0.29, 0.717) is 24.3 Å². The summed E-state index contributed by atoms with van der Waals surface area (Å²) in [6, 6.07) is 6.28. The summed E-state index contributed by atoms with van der Waals surface area (Å²) in [5.41, 5.74) is 5.71. The van der Waals surface area contributed by atoms with E-state index in [1.54, 1.807) is 23.0 Å². The third kappa shape index (κ3) is 4.08. The molecule has 162 valence electrons. The van der Waals surface area contributed by atoms with Gasteiger partial charge in [-0.2, -0.15) is 10.2 Å². The predicted octanol–water partition coefficient (Wildman–Crippen LogP) is 3.34. The highest BCUT2D eigenvalue weighted by Gasteiger charge is 2.31. The number of benzene rings is 1. The molecule has 3 aromatic rings. The molecule has 0 unspecified atom stereocenters. The number of nitrogens with zero attached hydrogens (tertiary/aromatic N) is 5. The lowest BCUT2D eigenvalue weighted by Crippen LogP contribution is -2.28. The van der Waals surface area contributed by atoms with Gasteiger partial charge in [-0.3, -0.25) is 14.2 Å². The van der Waals surface area contributed by atoms with Gasteiger partial charge in [0, 0.05) is 24.2 Å². The number of rotatable bonds is 6. The van der Waals surface area contributed by atoms with Gasteiger partial charge in [0.1, 0.15) is 5.82 Å². The van der Waals surface area contributed by atoms with Crippen LogP contribution in [0.5, 0.6) is 0 Å². The zero-order valence-corrected chi connectivity index (χ0v) is 18.0. The van der Waals surface area contributed by atoms with E-state index in [4.69, 9.17) is 4.84 Å². The number of nitrogens with one attached hydrogen (secondary N) is 1. The van der Waals surface area contributed by atoms with Crippen molar-refractivity contribution in [3.05, 3.63) is 64.5 Å². The second-order valence-corrected chi connectivity index (χ2v) is 7.61. The first-order chi connectivity index (χ1) is 14.9. The van der Waals surface area contributed by atoms with Crippen LogP contribution in [0.25, 0.3) is 0 Å². The molecule has 0 radical (unpaired) electrons. The Labute approximate surface area is 179 Å². The molecule has 0 bridgehead atoms. The molecule has 0 spiro atoms. The molecule has 1 aromatic carbocycles. The SMILES string of the molecule is CCn1ncc(C2=NO[C@@H](C(=O)Nc3c(C)nn(Cc4ccc(F)cc4)c3C)C2)c1C. The molecule has 31 heavy (non-hydrogen) atoms. The second-order valence-electron chi connectivity index (χ2n) is 7.61. The molecule has 1 aliphatic heterocycles. The van der Waals surface area contributed by atoms with Crippen LogP contribution < -0.4 is 5.32 Å². The van der Waals surface area contributed by atoms with Crippen molar-refractivity contribution in [3.8, 4) is 0 Å². The summed E-state index contributed by atoms with van der Waals surface area (Å²) < 4.78 is 16.8. The van der Waals surface area contributed by atoms with E-state index in [9.17, 15) is 9.18 Å². The van der Waals surface area contributed by atoms with Crippen LogP contribution in [0.3, 0.4) is 0 Å². The molecule has 1 N–H and O–H groups in total. The number of anilines is 1. The topological polar surface area (TPSA) is 86.3 Å². The standard InChI is InChI=1S/C22H25FN6O2/c1-5-28-14(3)18(11-24-28)19-10-20(31-27-19)22(30)25-21-13(2)26-29(15(21)4)12-16-6-8-17(23)9-7-16/h6-9,11,20H,5,10,12H2,1-4H3,(H,25,30)/t20-/m1/s1. The highest BCUT2D eigenvalue weighted by atomic mass is 19.1. The highest BCUT2D eigenvalue weighted by molar-refractivity contribution is 6.06. The Balaban J connectivity index is 1.44. The van der Waals surface area contributed by atoms with Crippen LogP contribution >= 0.6 is 0 Å². The molecule has 8 nitrogen and oxygen atoms in total. The quantitative estimate of drug-likeness (QED) is 0.658. The summed E-state index contributed by atoms with van der Waals surface area (Å²) in [6.07, 6.45) is 1.43. The fourth-order valence-electron chi connectivity index (χ4n) is 3.72. The Morgan fingerprint density at radius 1 is 1.19 bits per heavy atom. The number of hydrogen-bond donors (Lipinski definition) is 1. The van der Waals surface area contributed by atoms with Crippen molar-refractivity contribution in [2.24, 2.45) is 5.16 Å². The van der Waals surface area contributed by atoms with Gasteiger partial charge in [0.15, 0.2) is 0 Å². The maximum Gasteiger partial charge on any atom is 0.268 e. The summed E-state index contributed by atoms with van der Waals surface area (Å²) in [5, 5.41) is 15.9. The summed E-state index contributed by atoms with van der Waals surface area (Å²) in [6.45, 7) is 8.97. The van der Waals surface area contributed by atoms with Crippen LogP contribution in [0.4, 0.5) is 10.1 Å². The smallest absolute Gasteiger partial charge is 0.268 e. The number of oxime groups is 1. The molecule has 2 aromatic heterocycles. The van der Waals surface area contributed by atoms with Crippen molar-refractivity contribution in [1.29, 1.82) is 0 Å². The van der Waals surface area contributed by atoms with Crippen molar-refractivity contribution in [1.82, 2.24) is 19.6 Å². The maximum atomic E-state index is 13.1. The van der Waals surface area contributed by atoms with Crippen molar-refractivity contribution in [3.63, 3.8) is 0 Å². The van der Waals surface area contributed by atoms with Gasteiger partial charge in [0.25, 0.3) is 5.91 Å². The summed E-state index contributed by atoms with van der Waals surface area (Å²) in [5.74, 6) is -0.549. The minimum Gasteiger partial charge on any atom is -0.382 e. The Morgan fingerprint density at radius 3 is 2.61 bits per heavy atom. The van der Waals surface area contributed by atoms with Gasteiger partial charge in [-0.25, -0.2) is 4.39 Å². The molecule has 9 heteroatoms. The van der Waals surface area contributed by atoms with Gasteiger partial charge in [-0.05, 0) is 45.4 Å². The average Bonchev–Trinajstić information content (AvgIpc) is 3.44. The fraction of sp³-hybridized carbons (Fsp3) is 0.364. The van der Waals surface area contributed by atoms with E-state index < -0.39 is 6.10 Å². The molecular weight excluding hydrogens is 399 g/mol. The minimum atomic E-state index is -0.710. The number of halogens is 1. The fourth-order valence-corrected chi connectivity index (χ4v) is 3.72. The van der Waals surface area contributed by atoms with Gasteiger partial charge < -0.3 is 10.2 Å². The second kappa shape index (κ2) is 8.33. The first-order valence-corrected chi connectivity index (χ1v) is 10.2. The van der Waals surface area contributed by atoms with Crippen molar-refractivity contribution in [2.75, 3.05) is 5.32 Å². The Kier molecular flexibility index (Phi) is 5.58. The van der Waals surface area contributed by atoms with Gasteiger partial charge in [0.2, 0.25) is 6.10 Å². The van der Waals surface area contributed by atoms with Gasteiger partial charge in [-0.15, -0.1) is 0 Å². The third-order valence-corrected chi connectivity index (χ3v) is 5.55. The van der Waals surface area contributed by atoms with E-state index in [-0.39, 0.29) is 11.7 Å². The summed E-state index contributed by atoms with van der Waals surface area (Å²) >= 11 is 0. The normalized spacial score (nSPS) is 15.6. The Bertz CT molecular complexity index is 1150.